The van der Waals surface area contributed by atoms with Crippen LogP contribution in [0.2, 0.25) is 0 Å². The normalized spacial score (nSPS) is 11.1. The molecule has 2 heterocycles. The number of nitrogens with zero attached hydrogens (tertiary/aromatic N) is 2. The van der Waals surface area contributed by atoms with Crippen LogP contribution in [-0.4, -0.2) is 9.97 Å². The highest BCUT2D eigenvalue weighted by molar-refractivity contribution is 5.97. The van der Waals surface area contributed by atoms with Gasteiger partial charge in [-0.25, -0.2) is 9.97 Å². The van der Waals surface area contributed by atoms with Gasteiger partial charge in [0, 0.05) is 11.1 Å². The molecule has 0 amide bonds. The molecule has 2 aromatic carbocycles. The number of anilines is 1. The summed E-state index contributed by atoms with van der Waals surface area (Å²) >= 11 is 0. The monoisotopic (exact) mass is 343 g/mol. The Hall–Kier alpha value is -3.14. The van der Waals surface area contributed by atoms with E-state index >= 15 is 0 Å². The molecule has 4 nitrogen and oxygen atoms in total. The molecule has 4 heteroatoms. The first-order valence-corrected chi connectivity index (χ1v) is 8.96. The second kappa shape index (κ2) is 7.00. The summed E-state index contributed by atoms with van der Waals surface area (Å²) in [5.41, 5.74) is 9.94. The van der Waals surface area contributed by atoms with Crippen LogP contribution < -0.4 is 5.73 Å². The Bertz CT molecular complexity index is 1030. The van der Waals surface area contributed by atoms with Crippen LogP contribution in [0.25, 0.3) is 33.5 Å². The average Bonchev–Trinajstić information content (AvgIpc) is 3.20. The molecule has 2 aromatic heterocycles. The molecule has 2 N–H and O–H groups in total. The van der Waals surface area contributed by atoms with Gasteiger partial charge in [0.25, 0.3) is 0 Å². The topological polar surface area (TPSA) is 64.9 Å². The first kappa shape index (κ1) is 16.3. The van der Waals surface area contributed by atoms with Crippen molar-refractivity contribution in [2.45, 2.75) is 26.2 Å². The molecule has 0 aliphatic heterocycles. The summed E-state index contributed by atoms with van der Waals surface area (Å²) in [5, 5.41) is 2.35. The smallest absolute Gasteiger partial charge is 0.221 e. The zero-order chi connectivity index (χ0) is 17.9. The maximum absolute atomic E-state index is 6.08. The minimum atomic E-state index is 0.264. The summed E-state index contributed by atoms with van der Waals surface area (Å²) in [6.45, 7) is 2.18. The van der Waals surface area contributed by atoms with Crippen molar-refractivity contribution in [1.82, 2.24) is 9.97 Å². The van der Waals surface area contributed by atoms with E-state index in [1.807, 2.05) is 18.2 Å². The summed E-state index contributed by atoms with van der Waals surface area (Å²) in [6, 6.07) is 18.4. The van der Waals surface area contributed by atoms with Crippen LogP contribution in [-0.2, 0) is 6.42 Å². The third-order valence-corrected chi connectivity index (χ3v) is 4.60. The number of aromatic nitrogens is 2. The van der Waals surface area contributed by atoms with Gasteiger partial charge in [0.05, 0.1) is 12.0 Å². The fourth-order valence-electron chi connectivity index (χ4n) is 3.36. The minimum absolute atomic E-state index is 0.264. The van der Waals surface area contributed by atoms with Crippen molar-refractivity contribution >= 4 is 16.7 Å². The van der Waals surface area contributed by atoms with E-state index in [-0.39, 0.29) is 5.95 Å². The first-order chi connectivity index (χ1) is 12.8. The molecule has 0 fully saturated rings. The van der Waals surface area contributed by atoms with Crippen LogP contribution in [0.1, 0.15) is 25.3 Å². The fraction of sp³-hybridized carbons (Fsp3) is 0.182. The van der Waals surface area contributed by atoms with E-state index in [1.165, 1.54) is 5.39 Å². The molecule has 0 saturated carbocycles. The number of hydrogen-bond donors (Lipinski definition) is 1. The maximum atomic E-state index is 6.08. The number of nitrogens with two attached hydrogens (primary N) is 1. The number of furan rings is 1. The molecule has 26 heavy (non-hydrogen) atoms. The van der Waals surface area contributed by atoms with E-state index in [4.69, 9.17) is 10.2 Å². The molecule has 4 aromatic rings. The zero-order valence-electron chi connectivity index (χ0n) is 14.8. The Balaban J connectivity index is 2.00. The summed E-state index contributed by atoms with van der Waals surface area (Å²) in [5.74, 6) is 0.992. The van der Waals surface area contributed by atoms with Crippen LogP contribution in [0.5, 0.6) is 0 Å². The molecule has 0 radical (unpaired) electrons. The molecule has 0 atom stereocenters. The molecule has 0 aliphatic carbocycles. The Labute approximate surface area is 152 Å². The lowest BCUT2D eigenvalue weighted by Crippen LogP contribution is -2.05. The molecule has 130 valence electrons. The van der Waals surface area contributed by atoms with Crippen molar-refractivity contribution in [3.8, 4) is 22.7 Å². The summed E-state index contributed by atoms with van der Waals surface area (Å²) < 4.78 is 5.63. The van der Waals surface area contributed by atoms with Gasteiger partial charge < -0.3 is 10.2 Å². The highest BCUT2D eigenvalue weighted by atomic mass is 16.3. The Morgan fingerprint density at radius 1 is 0.923 bits per heavy atom. The molecule has 0 saturated heterocycles. The van der Waals surface area contributed by atoms with Crippen LogP contribution in [0.3, 0.4) is 0 Å². The predicted octanol–water partition coefficient (Wildman–Crippen LogP) is 5.48. The van der Waals surface area contributed by atoms with E-state index in [0.717, 1.165) is 52.9 Å². The van der Waals surface area contributed by atoms with E-state index in [0.29, 0.717) is 0 Å². The number of unbranched alkanes of at least 4 members (excludes halogenated alkanes) is 1. The van der Waals surface area contributed by atoms with Crippen molar-refractivity contribution in [3.63, 3.8) is 0 Å². The van der Waals surface area contributed by atoms with E-state index in [9.17, 15) is 0 Å². The minimum Gasteiger partial charge on any atom is -0.463 e. The van der Waals surface area contributed by atoms with Gasteiger partial charge in [0.1, 0.15) is 5.69 Å². The lowest BCUT2D eigenvalue weighted by molar-refractivity contribution is 0.578. The van der Waals surface area contributed by atoms with Crippen LogP contribution >= 0.6 is 0 Å². The van der Waals surface area contributed by atoms with E-state index in [2.05, 4.69) is 53.3 Å². The van der Waals surface area contributed by atoms with E-state index < -0.39 is 0 Å². The Kier molecular flexibility index (Phi) is 4.40. The average molecular weight is 343 g/mol. The largest absolute Gasteiger partial charge is 0.463 e. The van der Waals surface area contributed by atoms with Crippen molar-refractivity contribution in [2.24, 2.45) is 0 Å². The molecule has 0 spiro atoms. The van der Waals surface area contributed by atoms with Gasteiger partial charge in [-0.2, -0.15) is 0 Å². The van der Waals surface area contributed by atoms with Gasteiger partial charge in [0.15, 0.2) is 5.76 Å². The van der Waals surface area contributed by atoms with Crippen molar-refractivity contribution in [1.29, 1.82) is 0 Å². The molecule has 0 bridgehead atoms. The van der Waals surface area contributed by atoms with Gasteiger partial charge >= 0.3 is 0 Å². The van der Waals surface area contributed by atoms with E-state index in [1.54, 1.807) is 6.26 Å². The quantitative estimate of drug-likeness (QED) is 0.521. The predicted molar refractivity (Wildman–Crippen MR) is 106 cm³/mol. The number of benzene rings is 2. The molecule has 0 aliphatic rings. The van der Waals surface area contributed by atoms with Crippen molar-refractivity contribution in [3.05, 3.63) is 66.4 Å². The van der Waals surface area contributed by atoms with Gasteiger partial charge in [-0.15, -0.1) is 0 Å². The third kappa shape index (κ3) is 2.94. The second-order valence-corrected chi connectivity index (χ2v) is 6.37. The highest BCUT2D eigenvalue weighted by Gasteiger charge is 2.19. The summed E-state index contributed by atoms with van der Waals surface area (Å²) in [4.78, 5) is 9.15. The number of nitrogen functional groups attached to an aromatic ring is 1. The van der Waals surface area contributed by atoms with Gasteiger partial charge in [-0.3, -0.25) is 0 Å². The molecular weight excluding hydrogens is 322 g/mol. The summed E-state index contributed by atoms with van der Waals surface area (Å²) in [6.07, 6.45) is 4.69. The SMILES string of the molecule is CCCCc1c(-c2ccco2)nc(N)nc1-c1cccc2ccccc12. The molecule has 0 unspecified atom stereocenters. The van der Waals surface area contributed by atoms with Crippen molar-refractivity contribution in [2.75, 3.05) is 5.73 Å². The Morgan fingerprint density at radius 3 is 2.54 bits per heavy atom. The van der Waals surface area contributed by atoms with Crippen LogP contribution in [0.15, 0.2) is 65.3 Å². The van der Waals surface area contributed by atoms with Crippen LogP contribution in [0.4, 0.5) is 5.95 Å². The number of rotatable bonds is 5. The number of hydrogen-bond acceptors (Lipinski definition) is 4. The van der Waals surface area contributed by atoms with Crippen molar-refractivity contribution < 1.29 is 4.42 Å². The maximum Gasteiger partial charge on any atom is 0.221 e. The van der Waals surface area contributed by atoms with Gasteiger partial charge in [-0.1, -0.05) is 55.8 Å². The summed E-state index contributed by atoms with van der Waals surface area (Å²) in [7, 11) is 0. The third-order valence-electron chi connectivity index (χ3n) is 4.60. The highest BCUT2D eigenvalue weighted by Crippen LogP contribution is 2.35. The zero-order valence-corrected chi connectivity index (χ0v) is 14.8. The standard InChI is InChI=1S/C22H21N3O/c1-2-3-10-18-20(17-12-6-9-15-8-4-5-11-16(15)17)24-22(23)25-21(18)19-13-7-14-26-19/h4-9,11-14H,2-3,10H2,1H3,(H2,23,24,25). The van der Waals surface area contributed by atoms with Crippen LogP contribution in [0, 0.1) is 0 Å². The lowest BCUT2D eigenvalue weighted by Gasteiger charge is -2.15. The molecular formula is C22H21N3O. The first-order valence-electron chi connectivity index (χ1n) is 8.96. The lowest BCUT2D eigenvalue weighted by atomic mass is 9.95. The fourth-order valence-corrected chi connectivity index (χ4v) is 3.36. The number of fused-ring (bicyclic) bond motifs is 1. The Morgan fingerprint density at radius 2 is 1.73 bits per heavy atom. The van der Waals surface area contributed by atoms with Gasteiger partial charge in [-0.05, 0) is 35.7 Å². The van der Waals surface area contributed by atoms with Gasteiger partial charge in [0.2, 0.25) is 5.95 Å². The molecule has 4 rings (SSSR count). The second-order valence-electron chi connectivity index (χ2n) is 6.37.